The summed E-state index contributed by atoms with van der Waals surface area (Å²) in [4.78, 5) is 12.1. The van der Waals surface area contributed by atoms with Crippen LogP contribution in [0.25, 0.3) is 0 Å². The first kappa shape index (κ1) is 22.1. The van der Waals surface area contributed by atoms with E-state index in [0.717, 1.165) is 29.7 Å². The Bertz CT molecular complexity index is 758. The van der Waals surface area contributed by atoms with Crippen molar-refractivity contribution >= 4 is 17.7 Å². The van der Waals surface area contributed by atoms with Gasteiger partial charge in [-0.1, -0.05) is 56.1 Å². The highest BCUT2D eigenvalue weighted by molar-refractivity contribution is 7.99. The number of thioether (sulfide) groups is 1. The van der Waals surface area contributed by atoms with Gasteiger partial charge in [0.1, 0.15) is 12.4 Å². The fourth-order valence-corrected chi connectivity index (χ4v) is 3.57. The van der Waals surface area contributed by atoms with Gasteiger partial charge in [-0.2, -0.15) is 0 Å². The number of carbonyl (C=O) groups excluding carboxylic acids is 1. The summed E-state index contributed by atoms with van der Waals surface area (Å²) in [6, 6.07) is 6.17. The highest BCUT2D eigenvalue weighted by Gasteiger charge is 2.14. The fraction of sp³-hybridized carbons (Fsp3) is 0.550. The van der Waals surface area contributed by atoms with E-state index in [1.165, 1.54) is 29.3 Å². The van der Waals surface area contributed by atoms with Gasteiger partial charge in [0.2, 0.25) is 11.1 Å². The molecule has 1 aromatic carbocycles. The first-order valence-electron chi connectivity index (χ1n) is 9.72. The minimum Gasteiger partial charge on any atom is -0.485 e. The molecule has 0 aliphatic rings. The fourth-order valence-electron chi connectivity index (χ4n) is 2.89. The van der Waals surface area contributed by atoms with Crippen LogP contribution in [0.15, 0.2) is 23.4 Å². The number of ether oxygens (including phenoxy) is 1. The predicted octanol–water partition coefficient (Wildman–Crippen LogP) is 3.36. The van der Waals surface area contributed by atoms with Crippen LogP contribution in [-0.4, -0.2) is 32.6 Å². The molecule has 28 heavy (non-hydrogen) atoms. The predicted molar refractivity (Wildman–Crippen MR) is 113 cm³/mol. The molecular weight excluding hydrogens is 374 g/mol. The normalized spacial score (nSPS) is 12.0. The molecule has 0 spiro atoms. The summed E-state index contributed by atoms with van der Waals surface area (Å²) in [7, 11) is 0. The maximum Gasteiger partial charge on any atom is 0.230 e. The smallest absolute Gasteiger partial charge is 0.230 e. The molecule has 1 atom stereocenters. The largest absolute Gasteiger partial charge is 0.485 e. The molecule has 1 unspecified atom stereocenters. The molecule has 3 N–H and O–H groups in total. The molecule has 8 heteroatoms. The van der Waals surface area contributed by atoms with Crippen molar-refractivity contribution in [3.05, 3.63) is 35.2 Å². The second kappa shape index (κ2) is 10.9. The topological polar surface area (TPSA) is 95.1 Å². The molecule has 1 heterocycles. The Morgan fingerprint density at radius 1 is 1.29 bits per heavy atom. The number of unbranched alkanes of at least 4 members (excludes halogenated alkanes) is 2. The minimum absolute atomic E-state index is 0.0228. The molecule has 0 saturated heterocycles. The molecule has 2 rings (SSSR count). The zero-order valence-electron chi connectivity index (χ0n) is 17.2. The van der Waals surface area contributed by atoms with Crippen LogP contribution in [0.3, 0.4) is 0 Å². The molecule has 0 saturated carbocycles. The third-order valence-corrected chi connectivity index (χ3v) is 5.41. The Kier molecular flexibility index (Phi) is 8.63. The second-order valence-electron chi connectivity index (χ2n) is 7.03. The van der Waals surface area contributed by atoms with Crippen LogP contribution in [0, 0.1) is 13.8 Å². The number of rotatable bonds is 11. The zero-order chi connectivity index (χ0) is 20.5. The van der Waals surface area contributed by atoms with Crippen molar-refractivity contribution in [2.24, 2.45) is 0 Å². The summed E-state index contributed by atoms with van der Waals surface area (Å²) >= 11 is 1.27. The number of aromatic nitrogens is 3. The summed E-state index contributed by atoms with van der Waals surface area (Å²) in [5, 5.41) is 11.7. The lowest BCUT2D eigenvalue weighted by atomic mass is 10.1. The van der Waals surface area contributed by atoms with Gasteiger partial charge in [0.05, 0.1) is 5.75 Å². The molecule has 2 aromatic rings. The molecule has 0 radical (unpaired) electrons. The molecule has 154 valence electrons. The van der Waals surface area contributed by atoms with Gasteiger partial charge in [-0.3, -0.25) is 4.79 Å². The third kappa shape index (κ3) is 6.44. The van der Waals surface area contributed by atoms with Gasteiger partial charge < -0.3 is 15.9 Å². The zero-order valence-corrected chi connectivity index (χ0v) is 18.0. The standard InChI is InChI=1S/C20H31N5O2S/c1-5-6-7-11-16(4)22-18(26)13-28-20-24-23-17(25(20)21)12-27-19-14(2)9-8-10-15(19)3/h8-10,16H,5-7,11-13,21H2,1-4H3,(H,22,26). The minimum atomic E-state index is -0.0228. The average Bonchev–Trinajstić information content (AvgIpc) is 3.00. The number of nitrogen functional groups attached to an aromatic ring is 1. The van der Waals surface area contributed by atoms with E-state index < -0.39 is 0 Å². The number of hydrogen-bond acceptors (Lipinski definition) is 6. The van der Waals surface area contributed by atoms with Gasteiger partial charge in [-0.25, -0.2) is 4.68 Å². The van der Waals surface area contributed by atoms with Gasteiger partial charge in [-0.15, -0.1) is 10.2 Å². The molecule has 0 aliphatic carbocycles. The number of carbonyl (C=O) groups is 1. The number of nitrogens with zero attached hydrogens (tertiary/aromatic N) is 3. The van der Waals surface area contributed by atoms with Gasteiger partial charge in [0.15, 0.2) is 5.82 Å². The van der Waals surface area contributed by atoms with Gasteiger partial charge in [-0.05, 0) is 38.3 Å². The van der Waals surface area contributed by atoms with Crippen LogP contribution in [0.2, 0.25) is 0 Å². The summed E-state index contributed by atoms with van der Waals surface area (Å²) in [6.45, 7) is 8.42. The third-order valence-electron chi connectivity index (χ3n) is 4.47. The van der Waals surface area contributed by atoms with Crippen molar-refractivity contribution < 1.29 is 9.53 Å². The van der Waals surface area contributed by atoms with Crippen LogP contribution >= 0.6 is 11.8 Å². The molecule has 0 aliphatic heterocycles. The number of para-hydroxylation sites is 1. The Morgan fingerprint density at radius 3 is 2.68 bits per heavy atom. The van der Waals surface area contributed by atoms with E-state index in [4.69, 9.17) is 10.6 Å². The van der Waals surface area contributed by atoms with E-state index in [9.17, 15) is 4.79 Å². The van der Waals surface area contributed by atoms with E-state index in [2.05, 4.69) is 22.4 Å². The lowest BCUT2D eigenvalue weighted by molar-refractivity contribution is -0.119. The monoisotopic (exact) mass is 405 g/mol. The maximum absolute atomic E-state index is 12.1. The van der Waals surface area contributed by atoms with Crippen LogP contribution in [0.4, 0.5) is 0 Å². The van der Waals surface area contributed by atoms with E-state index in [0.29, 0.717) is 11.0 Å². The number of benzene rings is 1. The van der Waals surface area contributed by atoms with E-state index in [1.54, 1.807) is 0 Å². The Hall–Kier alpha value is -2.22. The van der Waals surface area contributed by atoms with Crippen molar-refractivity contribution in [2.45, 2.75) is 71.2 Å². The molecule has 0 fully saturated rings. The molecule has 7 nitrogen and oxygen atoms in total. The highest BCUT2D eigenvalue weighted by Crippen LogP contribution is 2.23. The van der Waals surface area contributed by atoms with Gasteiger partial charge in [0.25, 0.3) is 0 Å². The van der Waals surface area contributed by atoms with Crippen molar-refractivity contribution in [3.8, 4) is 5.75 Å². The van der Waals surface area contributed by atoms with E-state index in [-0.39, 0.29) is 24.3 Å². The maximum atomic E-state index is 12.1. The van der Waals surface area contributed by atoms with Crippen molar-refractivity contribution in [2.75, 3.05) is 11.6 Å². The Balaban J connectivity index is 1.83. The van der Waals surface area contributed by atoms with Gasteiger partial charge >= 0.3 is 0 Å². The van der Waals surface area contributed by atoms with E-state index >= 15 is 0 Å². The summed E-state index contributed by atoms with van der Waals surface area (Å²) in [6.07, 6.45) is 4.50. The summed E-state index contributed by atoms with van der Waals surface area (Å²) < 4.78 is 7.27. The lowest BCUT2D eigenvalue weighted by Gasteiger charge is -2.13. The second-order valence-corrected chi connectivity index (χ2v) is 7.97. The molecule has 0 bridgehead atoms. The number of hydrogen-bond donors (Lipinski definition) is 2. The highest BCUT2D eigenvalue weighted by atomic mass is 32.2. The van der Waals surface area contributed by atoms with Crippen molar-refractivity contribution in [3.63, 3.8) is 0 Å². The molecule has 1 aromatic heterocycles. The van der Waals surface area contributed by atoms with Crippen LogP contribution in [-0.2, 0) is 11.4 Å². The molecular formula is C20H31N5O2S. The number of nitrogens with one attached hydrogen (secondary N) is 1. The first-order valence-corrected chi connectivity index (χ1v) is 10.7. The van der Waals surface area contributed by atoms with Crippen LogP contribution < -0.4 is 15.9 Å². The quantitative estimate of drug-likeness (QED) is 0.338. The first-order chi connectivity index (χ1) is 13.4. The van der Waals surface area contributed by atoms with Gasteiger partial charge in [0, 0.05) is 6.04 Å². The number of aryl methyl sites for hydroxylation is 2. The lowest BCUT2D eigenvalue weighted by Crippen LogP contribution is -2.33. The van der Waals surface area contributed by atoms with E-state index in [1.807, 2.05) is 39.0 Å². The van der Waals surface area contributed by atoms with Crippen LogP contribution in [0.1, 0.15) is 56.5 Å². The van der Waals surface area contributed by atoms with Crippen molar-refractivity contribution in [1.29, 1.82) is 0 Å². The van der Waals surface area contributed by atoms with Crippen LogP contribution in [0.5, 0.6) is 5.75 Å². The Labute approximate surface area is 171 Å². The summed E-state index contributed by atoms with van der Waals surface area (Å²) in [5.41, 5.74) is 2.12. The number of amides is 1. The SMILES string of the molecule is CCCCCC(C)NC(=O)CSc1nnc(COc2c(C)cccc2C)n1N. The van der Waals surface area contributed by atoms with Crippen molar-refractivity contribution in [1.82, 2.24) is 20.2 Å². The Morgan fingerprint density at radius 2 is 2.00 bits per heavy atom. The average molecular weight is 406 g/mol. The number of nitrogens with two attached hydrogens (primary N) is 1. The molecule has 1 amide bonds. The summed E-state index contributed by atoms with van der Waals surface area (Å²) in [5.74, 6) is 7.65.